The first kappa shape index (κ1) is 18.1. The Kier molecular flexibility index (Phi) is 6.02. The van der Waals surface area contributed by atoms with Gasteiger partial charge in [0.1, 0.15) is 0 Å². The minimum Gasteiger partial charge on any atom is -0.351 e. The van der Waals surface area contributed by atoms with E-state index in [0.717, 1.165) is 5.56 Å². The van der Waals surface area contributed by atoms with Gasteiger partial charge in [-0.1, -0.05) is 48.5 Å². The van der Waals surface area contributed by atoms with Crippen LogP contribution in [-0.2, 0) is 11.3 Å². The fourth-order valence-electron chi connectivity index (χ4n) is 2.90. The van der Waals surface area contributed by atoms with Gasteiger partial charge >= 0.3 is 0 Å². The number of nitrogens with zero attached hydrogens (tertiary/aromatic N) is 1. The molecule has 3 rings (SSSR count). The van der Waals surface area contributed by atoms with Crippen molar-refractivity contribution < 1.29 is 9.59 Å². The summed E-state index contributed by atoms with van der Waals surface area (Å²) in [6, 6.07) is 18.0. The number of hydrogen-bond donors (Lipinski definition) is 1. The number of carbonyl (C=O) groups excluding carboxylic acids is 2. The second-order valence-electron chi connectivity index (χ2n) is 6.22. The molecule has 2 aromatic carbocycles. The molecule has 1 heterocycles. The molecule has 0 atom stereocenters. The molecule has 4 nitrogen and oxygen atoms in total. The highest BCUT2D eigenvalue weighted by molar-refractivity contribution is 7.12. The maximum Gasteiger partial charge on any atom is 0.261 e. The molecule has 26 heavy (non-hydrogen) atoms. The topological polar surface area (TPSA) is 49.4 Å². The van der Waals surface area contributed by atoms with Crippen molar-refractivity contribution in [1.29, 1.82) is 0 Å². The number of benzene rings is 2. The van der Waals surface area contributed by atoms with E-state index >= 15 is 0 Å². The van der Waals surface area contributed by atoms with Crippen molar-refractivity contribution in [2.75, 3.05) is 13.6 Å². The van der Waals surface area contributed by atoms with Gasteiger partial charge in [-0.15, -0.1) is 11.3 Å². The van der Waals surface area contributed by atoms with E-state index in [0.29, 0.717) is 30.8 Å². The van der Waals surface area contributed by atoms with Gasteiger partial charge in [-0.05, 0) is 34.2 Å². The number of nitrogens with one attached hydrogen (secondary N) is 1. The average Bonchev–Trinajstić information content (AvgIpc) is 3.20. The minimum absolute atomic E-state index is 0.0726. The summed E-state index contributed by atoms with van der Waals surface area (Å²) in [5.74, 6) is 0.0138. The SMILES string of the molecule is CN(Cc1cccc2ccccc12)C(=O)CCCNC(=O)c1cccs1. The Morgan fingerprint density at radius 2 is 1.85 bits per heavy atom. The van der Waals surface area contributed by atoms with E-state index in [-0.39, 0.29) is 11.8 Å². The second kappa shape index (κ2) is 8.63. The summed E-state index contributed by atoms with van der Waals surface area (Å²) in [5, 5.41) is 7.09. The van der Waals surface area contributed by atoms with E-state index in [1.165, 1.54) is 22.1 Å². The van der Waals surface area contributed by atoms with Crippen LogP contribution in [0.3, 0.4) is 0 Å². The summed E-state index contributed by atoms with van der Waals surface area (Å²) < 4.78 is 0. The van der Waals surface area contributed by atoms with Gasteiger partial charge in [-0.25, -0.2) is 0 Å². The van der Waals surface area contributed by atoms with Crippen LogP contribution < -0.4 is 5.32 Å². The summed E-state index contributed by atoms with van der Waals surface area (Å²) >= 11 is 1.42. The standard InChI is InChI=1S/C21H22N2O2S/c1-23(15-17-9-4-8-16-7-2-3-10-18(16)17)20(24)12-5-13-22-21(25)19-11-6-14-26-19/h2-4,6-11,14H,5,12-13,15H2,1H3,(H,22,25). The van der Waals surface area contributed by atoms with Gasteiger partial charge in [-0.3, -0.25) is 9.59 Å². The van der Waals surface area contributed by atoms with Gasteiger partial charge in [-0.2, -0.15) is 0 Å². The van der Waals surface area contributed by atoms with Crippen LogP contribution in [0, 0.1) is 0 Å². The highest BCUT2D eigenvalue weighted by atomic mass is 32.1. The fraction of sp³-hybridized carbons (Fsp3) is 0.238. The quantitative estimate of drug-likeness (QED) is 0.641. The average molecular weight is 366 g/mol. The van der Waals surface area contributed by atoms with Crippen molar-refractivity contribution in [2.45, 2.75) is 19.4 Å². The summed E-state index contributed by atoms with van der Waals surface area (Å²) in [7, 11) is 1.83. The molecule has 0 aliphatic carbocycles. The highest BCUT2D eigenvalue weighted by Crippen LogP contribution is 2.19. The molecule has 2 amide bonds. The molecule has 0 radical (unpaired) electrons. The molecular weight excluding hydrogens is 344 g/mol. The van der Waals surface area contributed by atoms with Crippen LogP contribution in [0.1, 0.15) is 28.1 Å². The van der Waals surface area contributed by atoms with E-state index in [4.69, 9.17) is 0 Å². The van der Waals surface area contributed by atoms with Gasteiger partial charge in [0.15, 0.2) is 0 Å². The predicted molar refractivity (Wildman–Crippen MR) is 106 cm³/mol. The fourth-order valence-corrected chi connectivity index (χ4v) is 3.54. The Morgan fingerprint density at radius 1 is 1.04 bits per heavy atom. The van der Waals surface area contributed by atoms with Crippen molar-refractivity contribution in [2.24, 2.45) is 0 Å². The van der Waals surface area contributed by atoms with E-state index in [1.54, 1.807) is 11.0 Å². The third-order valence-electron chi connectivity index (χ3n) is 4.31. The van der Waals surface area contributed by atoms with Crippen LogP contribution >= 0.6 is 11.3 Å². The largest absolute Gasteiger partial charge is 0.351 e. The van der Waals surface area contributed by atoms with Gasteiger partial charge in [0.05, 0.1) is 4.88 Å². The zero-order valence-corrected chi connectivity index (χ0v) is 15.6. The Morgan fingerprint density at radius 3 is 2.65 bits per heavy atom. The number of fused-ring (bicyclic) bond motifs is 1. The van der Waals surface area contributed by atoms with E-state index in [9.17, 15) is 9.59 Å². The van der Waals surface area contributed by atoms with Crippen molar-refractivity contribution in [3.63, 3.8) is 0 Å². The smallest absolute Gasteiger partial charge is 0.261 e. The van der Waals surface area contributed by atoms with Crippen molar-refractivity contribution >= 4 is 33.9 Å². The van der Waals surface area contributed by atoms with Gasteiger partial charge in [0.2, 0.25) is 5.91 Å². The molecule has 0 unspecified atom stereocenters. The van der Waals surface area contributed by atoms with Gasteiger partial charge in [0.25, 0.3) is 5.91 Å². The molecular formula is C21H22N2O2S. The number of hydrogen-bond acceptors (Lipinski definition) is 3. The Bertz CT molecular complexity index is 885. The lowest BCUT2D eigenvalue weighted by Crippen LogP contribution is -2.28. The van der Waals surface area contributed by atoms with E-state index in [2.05, 4.69) is 29.6 Å². The molecule has 0 spiro atoms. The Balaban J connectivity index is 1.48. The van der Waals surface area contributed by atoms with Crippen molar-refractivity contribution in [3.8, 4) is 0 Å². The molecule has 0 aliphatic rings. The molecule has 0 saturated heterocycles. The zero-order valence-electron chi connectivity index (χ0n) is 14.8. The lowest BCUT2D eigenvalue weighted by molar-refractivity contribution is -0.130. The van der Waals surface area contributed by atoms with Gasteiger partial charge < -0.3 is 10.2 Å². The molecule has 0 bridgehead atoms. The first-order chi connectivity index (χ1) is 12.6. The number of rotatable bonds is 7. The van der Waals surface area contributed by atoms with Gasteiger partial charge in [0, 0.05) is 26.6 Å². The first-order valence-electron chi connectivity index (χ1n) is 8.67. The molecule has 0 fully saturated rings. The Hall–Kier alpha value is -2.66. The number of amides is 2. The predicted octanol–water partition coefficient (Wildman–Crippen LogP) is 4.07. The van der Waals surface area contributed by atoms with Crippen LogP contribution in [0.15, 0.2) is 60.0 Å². The van der Waals surface area contributed by atoms with E-state index < -0.39 is 0 Å². The second-order valence-corrected chi connectivity index (χ2v) is 7.17. The van der Waals surface area contributed by atoms with Crippen LogP contribution in [-0.4, -0.2) is 30.3 Å². The lowest BCUT2D eigenvalue weighted by atomic mass is 10.0. The first-order valence-corrected chi connectivity index (χ1v) is 9.55. The van der Waals surface area contributed by atoms with Crippen LogP contribution in [0.4, 0.5) is 0 Å². The minimum atomic E-state index is -0.0726. The zero-order chi connectivity index (χ0) is 18.4. The third-order valence-corrected chi connectivity index (χ3v) is 5.18. The summed E-state index contributed by atoms with van der Waals surface area (Å²) in [5.41, 5.74) is 1.14. The molecule has 3 aromatic rings. The highest BCUT2D eigenvalue weighted by Gasteiger charge is 2.11. The normalized spacial score (nSPS) is 10.7. The summed E-state index contributed by atoms with van der Waals surface area (Å²) in [6.45, 7) is 1.09. The molecule has 0 aliphatic heterocycles. The third kappa shape index (κ3) is 4.49. The molecule has 5 heteroatoms. The van der Waals surface area contributed by atoms with Crippen LogP contribution in [0.5, 0.6) is 0 Å². The van der Waals surface area contributed by atoms with Crippen LogP contribution in [0.2, 0.25) is 0 Å². The maximum absolute atomic E-state index is 12.4. The Labute approximate surface area is 157 Å². The van der Waals surface area contributed by atoms with Crippen molar-refractivity contribution in [1.82, 2.24) is 10.2 Å². The molecule has 134 valence electrons. The molecule has 1 aromatic heterocycles. The maximum atomic E-state index is 12.4. The lowest BCUT2D eigenvalue weighted by Gasteiger charge is -2.18. The summed E-state index contributed by atoms with van der Waals surface area (Å²) in [4.78, 5) is 26.7. The molecule has 1 N–H and O–H groups in total. The molecule has 0 saturated carbocycles. The van der Waals surface area contributed by atoms with Crippen molar-refractivity contribution in [3.05, 3.63) is 70.4 Å². The van der Waals surface area contributed by atoms with E-state index in [1.807, 2.05) is 36.7 Å². The summed E-state index contributed by atoms with van der Waals surface area (Å²) in [6.07, 6.45) is 1.06. The number of carbonyl (C=O) groups is 2. The monoisotopic (exact) mass is 366 g/mol. The van der Waals surface area contributed by atoms with Crippen LogP contribution in [0.25, 0.3) is 10.8 Å². The number of thiophene rings is 1.